The fourth-order valence-electron chi connectivity index (χ4n) is 4.09. The van der Waals surface area contributed by atoms with Crippen LogP contribution in [0, 0.1) is 0 Å². The van der Waals surface area contributed by atoms with Gasteiger partial charge in [0.25, 0.3) is 5.91 Å². The smallest absolute Gasteiger partial charge is 0.387 e. The zero-order valence-corrected chi connectivity index (χ0v) is 20.3. The molecular formula is C24H19ClF2N3O5S-. The first kappa shape index (κ1) is 25.5. The minimum absolute atomic E-state index is 0.0380. The Labute approximate surface area is 210 Å². The topological polar surface area (TPSA) is 125 Å². The van der Waals surface area contributed by atoms with E-state index >= 15 is 0 Å². The maximum Gasteiger partial charge on any atom is 0.387 e. The van der Waals surface area contributed by atoms with Crippen molar-refractivity contribution in [2.45, 2.75) is 17.9 Å². The standard InChI is InChI=1S/C24H20ClF2N3O5S/c1-30-21(31)24(29-23(30)28,17-5-7-20(8-6-17)35-22(26)27)18-4-2-3-15(11-18)16-9-14(10-19(25)12-16)13-36(32,33)34/h2-12,22H,13H2,1H3,(H2,28,29)(H,32,33,34)/p-1. The molecule has 4 rings (SSSR count). The molecule has 188 valence electrons. The van der Waals surface area contributed by atoms with Crippen molar-refractivity contribution < 1.29 is 31.3 Å². The third kappa shape index (κ3) is 5.03. The van der Waals surface area contributed by atoms with Crippen LogP contribution in [0.5, 0.6) is 5.75 Å². The third-order valence-corrected chi connectivity index (χ3v) is 6.56. The molecule has 0 radical (unpaired) electrons. The molecule has 1 unspecified atom stereocenters. The minimum atomic E-state index is -4.54. The number of hydrogen-bond acceptors (Lipinski definition) is 7. The molecule has 3 aromatic rings. The monoisotopic (exact) mass is 534 g/mol. The van der Waals surface area contributed by atoms with E-state index in [1.807, 2.05) is 0 Å². The Balaban J connectivity index is 1.84. The van der Waals surface area contributed by atoms with Crippen LogP contribution >= 0.6 is 11.6 Å². The zero-order valence-electron chi connectivity index (χ0n) is 18.7. The summed E-state index contributed by atoms with van der Waals surface area (Å²) in [4.78, 5) is 19.1. The van der Waals surface area contributed by atoms with Gasteiger partial charge in [-0.1, -0.05) is 48.0 Å². The SMILES string of the molecule is CN1C(=O)C(c2ccc(OC(F)F)cc2)(c2cccc(-c3cc(Cl)cc(CS(=O)(=O)[O-])c3)c2)N=C1N. The number of hydrogen-bond donors (Lipinski definition) is 1. The predicted molar refractivity (Wildman–Crippen MR) is 129 cm³/mol. The second kappa shape index (κ2) is 9.49. The van der Waals surface area contributed by atoms with Crippen molar-refractivity contribution in [1.29, 1.82) is 0 Å². The van der Waals surface area contributed by atoms with Crippen LogP contribution in [0.15, 0.2) is 71.7 Å². The summed E-state index contributed by atoms with van der Waals surface area (Å²) in [6, 6.07) is 16.7. The van der Waals surface area contributed by atoms with Gasteiger partial charge in [0.1, 0.15) is 5.75 Å². The van der Waals surface area contributed by atoms with Gasteiger partial charge < -0.3 is 15.0 Å². The maximum absolute atomic E-state index is 13.5. The highest BCUT2D eigenvalue weighted by Crippen LogP contribution is 2.41. The van der Waals surface area contributed by atoms with Gasteiger partial charge in [0.15, 0.2) is 11.5 Å². The molecule has 0 aromatic heterocycles. The van der Waals surface area contributed by atoms with Crippen molar-refractivity contribution in [1.82, 2.24) is 4.90 Å². The van der Waals surface area contributed by atoms with Gasteiger partial charge in [-0.3, -0.25) is 9.69 Å². The molecule has 1 amide bonds. The lowest BCUT2D eigenvalue weighted by Gasteiger charge is -2.27. The Hall–Kier alpha value is -3.54. The zero-order chi connectivity index (χ0) is 26.3. The number of amides is 1. The molecule has 0 spiro atoms. The van der Waals surface area contributed by atoms with E-state index in [2.05, 4.69) is 9.73 Å². The first-order chi connectivity index (χ1) is 16.9. The number of guanidine groups is 1. The average Bonchev–Trinajstić information content (AvgIpc) is 3.02. The molecule has 0 fully saturated rings. The summed E-state index contributed by atoms with van der Waals surface area (Å²) >= 11 is 6.17. The molecule has 36 heavy (non-hydrogen) atoms. The normalized spacial score (nSPS) is 18.0. The molecule has 0 aliphatic carbocycles. The molecule has 1 aliphatic heterocycles. The van der Waals surface area contributed by atoms with E-state index in [9.17, 15) is 26.5 Å². The van der Waals surface area contributed by atoms with Crippen LogP contribution in [0.1, 0.15) is 16.7 Å². The van der Waals surface area contributed by atoms with Gasteiger partial charge in [-0.05, 0) is 58.1 Å². The van der Waals surface area contributed by atoms with Crippen molar-refractivity contribution in [3.05, 3.63) is 88.4 Å². The summed E-state index contributed by atoms with van der Waals surface area (Å²) in [5.74, 6) is -1.33. The van der Waals surface area contributed by atoms with E-state index < -0.39 is 33.9 Å². The fraction of sp³-hybridized carbons (Fsp3) is 0.167. The third-order valence-electron chi connectivity index (χ3n) is 5.65. The van der Waals surface area contributed by atoms with Gasteiger partial charge >= 0.3 is 6.61 Å². The van der Waals surface area contributed by atoms with E-state index in [0.29, 0.717) is 22.3 Å². The number of ether oxygens (including phenoxy) is 1. The highest BCUT2D eigenvalue weighted by Gasteiger charge is 2.49. The quantitative estimate of drug-likeness (QED) is 0.461. The number of aliphatic imine (C=N–C) groups is 1. The lowest BCUT2D eigenvalue weighted by molar-refractivity contribution is -0.129. The Morgan fingerprint density at radius 1 is 1.08 bits per heavy atom. The summed E-state index contributed by atoms with van der Waals surface area (Å²) in [6.07, 6.45) is 0. The van der Waals surface area contributed by atoms with Gasteiger partial charge in [-0.15, -0.1) is 0 Å². The summed E-state index contributed by atoms with van der Waals surface area (Å²) < 4.78 is 63.4. The number of nitrogens with zero attached hydrogens (tertiary/aromatic N) is 2. The number of alkyl halides is 2. The van der Waals surface area contributed by atoms with Gasteiger partial charge in [-0.2, -0.15) is 8.78 Å². The molecule has 0 saturated heterocycles. The van der Waals surface area contributed by atoms with Crippen LogP contribution in [0.25, 0.3) is 11.1 Å². The molecule has 1 atom stereocenters. The molecule has 0 saturated carbocycles. The number of benzene rings is 3. The molecule has 8 nitrogen and oxygen atoms in total. The van der Waals surface area contributed by atoms with Crippen LogP contribution < -0.4 is 10.5 Å². The molecule has 12 heteroatoms. The first-order valence-corrected chi connectivity index (χ1v) is 12.4. The van der Waals surface area contributed by atoms with Crippen molar-refractivity contribution in [2.24, 2.45) is 10.7 Å². The Morgan fingerprint density at radius 3 is 2.36 bits per heavy atom. The minimum Gasteiger partial charge on any atom is -0.748 e. The molecule has 1 heterocycles. The Bertz CT molecular complexity index is 1460. The number of nitrogens with two attached hydrogens (primary N) is 1. The van der Waals surface area contributed by atoms with E-state index in [1.165, 1.54) is 48.3 Å². The van der Waals surface area contributed by atoms with E-state index in [-0.39, 0.29) is 22.3 Å². The second-order valence-corrected chi connectivity index (χ2v) is 9.92. The van der Waals surface area contributed by atoms with Gasteiger partial charge in [0, 0.05) is 12.1 Å². The molecule has 2 N–H and O–H groups in total. The number of rotatable bonds is 7. The largest absolute Gasteiger partial charge is 0.748 e. The van der Waals surface area contributed by atoms with Crippen LogP contribution in [0.3, 0.4) is 0 Å². The number of carbonyl (C=O) groups is 1. The highest BCUT2D eigenvalue weighted by atomic mass is 35.5. The maximum atomic E-state index is 13.5. The van der Waals surface area contributed by atoms with E-state index in [0.717, 1.165) is 0 Å². The first-order valence-electron chi connectivity index (χ1n) is 10.4. The number of likely N-dealkylation sites (N-methyl/N-ethyl adjacent to an activating group) is 1. The average molecular weight is 535 g/mol. The number of carbonyl (C=O) groups excluding carboxylic acids is 1. The van der Waals surface area contributed by atoms with Gasteiger partial charge in [0.05, 0.1) is 15.9 Å². The van der Waals surface area contributed by atoms with Gasteiger partial charge in [-0.25, -0.2) is 13.4 Å². The van der Waals surface area contributed by atoms with Crippen LogP contribution in [0.2, 0.25) is 5.02 Å². The van der Waals surface area contributed by atoms with Crippen molar-refractivity contribution in [3.63, 3.8) is 0 Å². The van der Waals surface area contributed by atoms with Crippen molar-refractivity contribution in [2.75, 3.05) is 7.05 Å². The second-order valence-electron chi connectivity index (χ2n) is 8.08. The van der Waals surface area contributed by atoms with Crippen LogP contribution in [-0.4, -0.2) is 43.4 Å². The number of halogens is 3. The van der Waals surface area contributed by atoms with Crippen molar-refractivity contribution in [3.8, 4) is 16.9 Å². The van der Waals surface area contributed by atoms with E-state index in [4.69, 9.17) is 17.3 Å². The van der Waals surface area contributed by atoms with Crippen LogP contribution in [-0.2, 0) is 26.2 Å². The van der Waals surface area contributed by atoms with Crippen molar-refractivity contribution >= 4 is 33.6 Å². The Morgan fingerprint density at radius 2 is 1.78 bits per heavy atom. The Kier molecular flexibility index (Phi) is 6.74. The molecule has 3 aromatic carbocycles. The summed E-state index contributed by atoms with van der Waals surface area (Å²) in [5.41, 5.74) is 6.44. The van der Waals surface area contributed by atoms with Crippen LogP contribution in [0.4, 0.5) is 8.78 Å². The molecule has 0 bridgehead atoms. The lowest BCUT2D eigenvalue weighted by Crippen LogP contribution is -2.41. The molecule has 1 aliphatic rings. The summed E-state index contributed by atoms with van der Waals surface area (Å²) in [5, 5.41) is 0.222. The summed E-state index contributed by atoms with van der Waals surface area (Å²) in [6.45, 7) is -3.01. The summed E-state index contributed by atoms with van der Waals surface area (Å²) in [7, 11) is -3.07. The fourth-order valence-corrected chi connectivity index (χ4v) is 4.92. The lowest BCUT2D eigenvalue weighted by atomic mass is 9.81. The predicted octanol–water partition coefficient (Wildman–Crippen LogP) is 3.68. The van der Waals surface area contributed by atoms with E-state index in [1.54, 1.807) is 30.3 Å². The highest BCUT2D eigenvalue weighted by molar-refractivity contribution is 7.84. The molecular weight excluding hydrogens is 516 g/mol. The van der Waals surface area contributed by atoms with Gasteiger partial charge in [0.2, 0.25) is 0 Å².